The molecule has 0 fully saturated rings. The number of carbonyl (C=O) groups excluding carboxylic acids is 1. The lowest BCUT2D eigenvalue weighted by atomic mass is 10.2. The standard InChI is InChI=1S/C15H13N3O3/c16-14-5-3-11(8-17-14)18-15(19)6-2-10-1-4-12-13(7-10)21-9-20-12/h1-8H,9H2,(H2,16,17)(H,18,19). The molecular weight excluding hydrogens is 270 g/mol. The Hall–Kier alpha value is -3.02. The van der Waals surface area contributed by atoms with E-state index in [1.54, 1.807) is 18.2 Å². The Morgan fingerprint density at radius 3 is 2.90 bits per heavy atom. The third kappa shape index (κ3) is 3.11. The Labute approximate surface area is 121 Å². The van der Waals surface area contributed by atoms with Gasteiger partial charge >= 0.3 is 0 Å². The highest BCUT2D eigenvalue weighted by Crippen LogP contribution is 2.32. The Kier molecular flexibility index (Phi) is 3.42. The van der Waals surface area contributed by atoms with Gasteiger partial charge in [-0.05, 0) is 35.9 Å². The maximum Gasteiger partial charge on any atom is 0.248 e. The summed E-state index contributed by atoms with van der Waals surface area (Å²) in [6.45, 7) is 0.229. The van der Waals surface area contributed by atoms with Crippen molar-refractivity contribution in [3.63, 3.8) is 0 Å². The number of anilines is 2. The maximum atomic E-state index is 11.8. The number of ether oxygens (including phenoxy) is 2. The van der Waals surface area contributed by atoms with Crippen LogP contribution in [0.15, 0.2) is 42.6 Å². The lowest BCUT2D eigenvalue weighted by Gasteiger charge is -2.01. The van der Waals surface area contributed by atoms with Crippen molar-refractivity contribution in [2.75, 3.05) is 17.8 Å². The monoisotopic (exact) mass is 283 g/mol. The molecule has 6 nitrogen and oxygen atoms in total. The number of carbonyl (C=O) groups is 1. The first-order chi connectivity index (χ1) is 10.2. The molecule has 0 radical (unpaired) electrons. The van der Waals surface area contributed by atoms with Crippen LogP contribution in [-0.2, 0) is 4.79 Å². The first kappa shape index (κ1) is 13.0. The van der Waals surface area contributed by atoms with E-state index in [2.05, 4.69) is 10.3 Å². The van der Waals surface area contributed by atoms with Crippen LogP contribution in [0, 0.1) is 0 Å². The number of hydrogen-bond acceptors (Lipinski definition) is 5. The molecule has 0 atom stereocenters. The van der Waals surface area contributed by atoms with Gasteiger partial charge in [-0.1, -0.05) is 6.07 Å². The molecule has 1 aliphatic heterocycles. The summed E-state index contributed by atoms with van der Waals surface area (Å²) in [6.07, 6.45) is 4.64. The van der Waals surface area contributed by atoms with Gasteiger partial charge in [0.05, 0.1) is 11.9 Å². The van der Waals surface area contributed by atoms with Crippen molar-refractivity contribution in [3.8, 4) is 11.5 Å². The van der Waals surface area contributed by atoms with Gasteiger partial charge in [-0.3, -0.25) is 4.79 Å². The molecule has 1 aliphatic rings. The average Bonchev–Trinajstić information content (AvgIpc) is 2.95. The van der Waals surface area contributed by atoms with Crippen molar-refractivity contribution < 1.29 is 14.3 Å². The van der Waals surface area contributed by atoms with Crippen molar-refractivity contribution in [2.24, 2.45) is 0 Å². The molecule has 106 valence electrons. The van der Waals surface area contributed by atoms with Gasteiger partial charge in [-0.15, -0.1) is 0 Å². The summed E-state index contributed by atoms with van der Waals surface area (Å²) in [4.78, 5) is 15.7. The molecule has 3 rings (SSSR count). The van der Waals surface area contributed by atoms with Crippen LogP contribution in [-0.4, -0.2) is 17.7 Å². The number of hydrogen-bond donors (Lipinski definition) is 2. The number of aromatic nitrogens is 1. The molecular formula is C15H13N3O3. The third-order valence-corrected chi connectivity index (χ3v) is 2.88. The van der Waals surface area contributed by atoms with E-state index in [4.69, 9.17) is 15.2 Å². The van der Waals surface area contributed by atoms with Gasteiger partial charge in [0, 0.05) is 6.08 Å². The fourth-order valence-corrected chi connectivity index (χ4v) is 1.85. The number of nitrogens with zero attached hydrogens (tertiary/aromatic N) is 1. The molecule has 2 heterocycles. The number of nitrogen functional groups attached to an aromatic ring is 1. The van der Waals surface area contributed by atoms with Crippen molar-refractivity contribution in [2.45, 2.75) is 0 Å². The van der Waals surface area contributed by atoms with Gasteiger partial charge in [0.25, 0.3) is 0 Å². The molecule has 0 saturated heterocycles. The number of rotatable bonds is 3. The van der Waals surface area contributed by atoms with Crippen LogP contribution in [0.1, 0.15) is 5.56 Å². The molecule has 0 unspecified atom stereocenters. The summed E-state index contributed by atoms with van der Waals surface area (Å²) in [7, 11) is 0. The third-order valence-electron chi connectivity index (χ3n) is 2.88. The highest BCUT2D eigenvalue weighted by Gasteiger charge is 2.12. The molecule has 1 aromatic heterocycles. The van der Waals surface area contributed by atoms with Crippen LogP contribution in [0.5, 0.6) is 11.5 Å². The summed E-state index contributed by atoms with van der Waals surface area (Å²) >= 11 is 0. The van der Waals surface area contributed by atoms with E-state index < -0.39 is 0 Å². The lowest BCUT2D eigenvalue weighted by Crippen LogP contribution is -2.08. The van der Waals surface area contributed by atoms with Crippen molar-refractivity contribution in [1.29, 1.82) is 0 Å². The number of benzene rings is 1. The van der Waals surface area contributed by atoms with E-state index in [1.165, 1.54) is 12.3 Å². The summed E-state index contributed by atoms with van der Waals surface area (Å²) in [5.41, 5.74) is 6.92. The smallest absolute Gasteiger partial charge is 0.248 e. The van der Waals surface area contributed by atoms with Crippen LogP contribution in [0.2, 0.25) is 0 Å². The molecule has 0 aliphatic carbocycles. The van der Waals surface area contributed by atoms with Crippen molar-refractivity contribution in [1.82, 2.24) is 4.98 Å². The topological polar surface area (TPSA) is 86.5 Å². The predicted molar refractivity (Wildman–Crippen MR) is 78.9 cm³/mol. The number of fused-ring (bicyclic) bond motifs is 1. The molecule has 0 spiro atoms. The van der Waals surface area contributed by atoms with E-state index in [1.807, 2.05) is 18.2 Å². The Bertz CT molecular complexity index is 696. The minimum Gasteiger partial charge on any atom is -0.454 e. The highest BCUT2D eigenvalue weighted by atomic mass is 16.7. The van der Waals surface area contributed by atoms with Gasteiger partial charge in [0.1, 0.15) is 5.82 Å². The zero-order valence-electron chi connectivity index (χ0n) is 11.1. The average molecular weight is 283 g/mol. The first-order valence-electron chi connectivity index (χ1n) is 6.31. The second-order valence-corrected chi connectivity index (χ2v) is 4.41. The summed E-state index contributed by atoms with van der Waals surface area (Å²) in [5, 5.41) is 2.69. The van der Waals surface area contributed by atoms with E-state index >= 15 is 0 Å². The fourth-order valence-electron chi connectivity index (χ4n) is 1.85. The number of pyridine rings is 1. The highest BCUT2D eigenvalue weighted by molar-refractivity contribution is 6.01. The van der Waals surface area contributed by atoms with Gasteiger partial charge in [-0.25, -0.2) is 4.98 Å². The van der Waals surface area contributed by atoms with Crippen molar-refractivity contribution in [3.05, 3.63) is 48.2 Å². The van der Waals surface area contributed by atoms with Crippen molar-refractivity contribution >= 4 is 23.5 Å². The molecule has 0 saturated carbocycles. The first-order valence-corrected chi connectivity index (χ1v) is 6.31. The van der Waals surface area contributed by atoms with Gasteiger partial charge in [0.2, 0.25) is 12.7 Å². The summed E-state index contributed by atoms with van der Waals surface area (Å²) in [5.74, 6) is 1.55. The minimum atomic E-state index is -0.251. The van der Waals surface area contributed by atoms with Crippen LogP contribution >= 0.6 is 0 Å². The second-order valence-electron chi connectivity index (χ2n) is 4.41. The van der Waals surface area contributed by atoms with E-state index in [9.17, 15) is 4.79 Å². The Morgan fingerprint density at radius 2 is 2.10 bits per heavy atom. The molecule has 6 heteroatoms. The summed E-state index contributed by atoms with van der Waals surface area (Å²) < 4.78 is 10.5. The summed E-state index contributed by atoms with van der Waals surface area (Å²) in [6, 6.07) is 8.79. The predicted octanol–water partition coefficient (Wildman–Crippen LogP) is 2.04. The lowest BCUT2D eigenvalue weighted by molar-refractivity contribution is -0.111. The van der Waals surface area contributed by atoms with E-state index in [0.29, 0.717) is 23.0 Å². The van der Waals surface area contributed by atoms with Crippen LogP contribution in [0.3, 0.4) is 0 Å². The van der Waals surface area contributed by atoms with Gasteiger partial charge < -0.3 is 20.5 Å². The quantitative estimate of drug-likeness (QED) is 0.842. The molecule has 0 bridgehead atoms. The molecule has 1 aromatic carbocycles. The number of nitrogens with one attached hydrogen (secondary N) is 1. The van der Waals surface area contributed by atoms with E-state index in [0.717, 1.165) is 5.56 Å². The van der Waals surface area contributed by atoms with Crippen LogP contribution in [0.25, 0.3) is 6.08 Å². The molecule has 21 heavy (non-hydrogen) atoms. The molecule has 3 N–H and O–H groups in total. The Morgan fingerprint density at radius 1 is 1.24 bits per heavy atom. The van der Waals surface area contributed by atoms with Gasteiger partial charge in [-0.2, -0.15) is 0 Å². The second kappa shape index (κ2) is 5.54. The largest absolute Gasteiger partial charge is 0.454 e. The van der Waals surface area contributed by atoms with Crippen LogP contribution < -0.4 is 20.5 Å². The fraction of sp³-hybridized carbons (Fsp3) is 0.0667. The van der Waals surface area contributed by atoms with Crippen LogP contribution in [0.4, 0.5) is 11.5 Å². The SMILES string of the molecule is Nc1ccc(NC(=O)C=Cc2ccc3c(c2)OCO3)cn1. The zero-order valence-corrected chi connectivity index (χ0v) is 11.1. The molecule has 2 aromatic rings. The molecule has 1 amide bonds. The minimum absolute atomic E-state index is 0.229. The van der Waals surface area contributed by atoms with E-state index in [-0.39, 0.29) is 12.7 Å². The number of nitrogens with two attached hydrogens (primary N) is 1. The zero-order chi connectivity index (χ0) is 14.7. The van der Waals surface area contributed by atoms with Gasteiger partial charge in [0.15, 0.2) is 11.5 Å². The Balaban J connectivity index is 1.65. The maximum absolute atomic E-state index is 11.8. The number of amides is 1. The normalized spacial score (nSPS) is 12.6.